The normalized spacial score (nSPS) is 18.2. The maximum absolute atomic E-state index is 14.8. The number of hydrogen-bond donors (Lipinski definition) is 0. The average Bonchev–Trinajstić information content (AvgIpc) is 2.83. The standard InChI is InChI=1S/C27H18F10O/c1-2-12-3-5-17(25(34)24(12)33)14-7-19(29)23(20(30)8-14)27(36,37)38-15-4-6-16(18(28)11-15)13-9-21(31)26(35)22(32)10-13/h4,6-12,17H,2-3,5H2,1H3. The Morgan fingerprint density at radius 1 is 0.737 bits per heavy atom. The molecular weight excluding hydrogens is 530 g/mol. The Hall–Kier alpha value is -3.50. The van der Waals surface area contributed by atoms with Crippen LogP contribution in [0.3, 0.4) is 0 Å². The lowest BCUT2D eigenvalue weighted by Crippen LogP contribution is -2.26. The molecule has 0 aliphatic heterocycles. The van der Waals surface area contributed by atoms with Crippen molar-refractivity contribution in [3.05, 3.63) is 100 Å². The molecule has 4 rings (SSSR count). The Morgan fingerprint density at radius 3 is 1.89 bits per heavy atom. The summed E-state index contributed by atoms with van der Waals surface area (Å²) in [5.41, 5.74) is -3.17. The minimum atomic E-state index is -4.69. The van der Waals surface area contributed by atoms with Gasteiger partial charge < -0.3 is 4.74 Å². The molecule has 11 heteroatoms. The minimum Gasteiger partial charge on any atom is -0.429 e. The molecule has 0 N–H and O–H groups in total. The maximum atomic E-state index is 14.8. The number of benzene rings is 3. The van der Waals surface area contributed by atoms with Crippen molar-refractivity contribution in [2.45, 2.75) is 38.2 Å². The third-order valence-corrected chi connectivity index (χ3v) is 6.43. The van der Waals surface area contributed by atoms with Gasteiger partial charge in [0.15, 0.2) is 17.5 Å². The molecule has 2 atom stereocenters. The lowest BCUT2D eigenvalue weighted by Gasteiger charge is -2.27. The number of allylic oxidation sites excluding steroid dienone is 2. The summed E-state index contributed by atoms with van der Waals surface area (Å²) in [6.45, 7) is 1.65. The Bertz CT molecular complexity index is 1370. The van der Waals surface area contributed by atoms with Crippen LogP contribution in [-0.4, -0.2) is 0 Å². The van der Waals surface area contributed by atoms with Crippen LogP contribution in [0.15, 0.2) is 54.1 Å². The summed E-state index contributed by atoms with van der Waals surface area (Å²) in [4.78, 5) is 0. The fourth-order valence-corrected chi connectivity index (χ4v) is 4.45. The Kier molecular flexibility index (Phi) is 7.49. The van der Waals surface area contributed by atoms with Crippen molar-refractivity contribution < 1.29 is 48.6 Å². The summed E-state index contributed by atoms with van der Waals surface area (Å²) >= 11 is 0. The second-order valence-electron chi connectivity index (χ2n) is 8.80. The van der Waals surface area contributed by atoms with E-state index in [9.17, 15) is 43.9 Å². The third-order valence-electron chi connectivity index (χ3n) is 6.43. The lowest BCUT2D eigenvalue weighted by atomic mass is 9.81. The number of halogens is 10. The Balaban J connectivity index is 1.62. The first-order valence-electron chi connectivity index (χ1n) is 11.4. The highest BCUT2D eigenvalue weighted by Crippen LogP contribution is 2.44. The summed E-state index contributed by atoms with van der Waals surface area (Å²) < 4.78 is 147. The highest BCUT2D eigenvalue weighted by Gasteiger charge is 2.42. The molecule has 3 aromatic carbocycles. The number of alkyl halides is 2. The van der Waals surface area contributed by atoms with E-state index in [0.29, 0.717) is 36.8 Å². The molecule has 0 heterocycles. The van der Waals surface area contributed by atoms with Crippen molar-refractivity contribution in [1.82, 2.24) is 0 Å². The van der Waals surface area contributed by atoms with Crippen LogP contribution in [0.2, 0.25) is 0 Å². The highest BCUT2D eigenvalue weighted by molar-refractivity contribution is 5.65. The van der Waals surface area contributed by atoms with Gasteiger partial charge in [0.25, 0.3) is 0 Å². The van der Waals surface area contributed by atoms with Gasteiger partial charge in [-0.2, -0.15) is 8.78 Å². The molecule has 1 aliphatic carbocycles. The molecule has 0 fully saturated rings. The monoisotopic (exact) mass is 548 g/mol. The van der Waals surface area contributed by atoms with Crippen molar-refractivity contribution in [3.8, 4) is 16.9 Å². The highest BCUT2D eigenvalue weighted by atomic mass is 19.3. The average molecular weight is 548 g/mol. The van der Waals surface area contributed by atoms with E-state index in [4.69, 9.17) is 0 Å². The van der Waals surface area contributed by atoms with Gasteiger partial charge in [-0.05, 0) is 66.8 Å². The first-order chi connectivity index (χ1) is 17.8. The van der Waals surface area contributed by atoms with Crippen LogP contribution < -0.4 is 4.74 Å². The van der Waals surface area contributed by atoms with Crippen molar-refractivity contribution in [2.75, 3.05) is 0 Å². The second kappa shape index (κ2) is 10.3. The summed E-state index contributed by atoms with van der Waals surface area (Å²) in [7, 11) is 0. The summed E-state index contributed by atoms with van der Waals surface area (Å²) in [5.74, 6) is -15.1. The van der Waals surface area contributed by atoms with E-state index in [1.807, 2.05) is 0 Å². The smallest absolute Gasteiger partial charge is 0.429 e. The summed E-state index contributed by atoms with van der Waals surface area (Å²) in [6.07, 6.45) is -4.16. The zero-order valence-electron chi connectivity index (χ0n) is 19.5. The number of rotatable bonds is 6. The molecule has 1 aliphatic rings. The topological polar surface area (TPSA) is 9.23 Å². The third kappa shape index (κ3) is 5.10. The van der Waals surface area contributed by atoms with Crippen LogP contribution in [0.5, 0.6) is 5.75 Å². The maximum Gasteiger partial charge on any atom is 0.432 e. The molecule has 2 unspecified atom stereocenters. The molecule has 3 aromatic rings. The van der Waals surface area contributed by atoms with Gasteiger partial charge in [0.2, 0.25) is 0 Å². The SMILES string of the molecule is CCC1CCC(c2cc(F)c(C(F)(F)Oc3ccc(-c4cc(F)c(F)c(F)c4)c(F)c3)c(F)c2)C(F)=C1F. The predicted molar refractivity (Wildman–Crippen MR) is 118 cm³/mol. The predicted octanol–water partition coefficient (Wildman–Crippen LogP) is 9.37. The van der Waals surface area contributed by atoms with Crippen LogP contribution in [0.4, 0.5) is 43.9 Å². The molecule has 0 amide bonds. The first kappa shape index (κ1) is 27.5. The molecule has 38 heavy (non-hydrogen) atoms. The van der Waals surface area contributed by atoms with Gasteiger partial charge in [0.1, 0.15) is 40.4 Å². The van der Waals surface area contributed by atoms with Crippen molar-refractivity contribution in [2.24, 2.45) is 5.92 Å². The van der Waals surface area contributed by atoms with Gasteiger partial charge in [-0.15, -0.1) is 0 Å². The molecule has 0 bridgehead atoms. The molecule has 0 spiro atoms. The van der Waals surface area contributed by atoms with Gasteiger partial charge in [-0.25, -0.2) is 35.1 Å². The van der Waals surface area contributed by atoms with Gasteiger partial charge in [0, 0.05) is 23.5 Å². The molecule has 0 saturated carbocycles. The van der Waals surface area contributed by atoms with E-state index in [1.165, 1.54) is 0 Å². The fraction of sp³-hybridized carbons (Fsp3) is 0.259. The van der Waals surface area contributed by atoms with Crippen LogP contribution in [0.25, 0.3) is 11.1 Å². The molecular formula is C27H18F10O. The number of hydrogen-bond acceptors (Lipinski definition) is 1. The van der Waals surface area contributed by atoms with Crippen molar-refractivity contribution in [1.29, 1.82) is 0 Å². The zero-order valence-corrected chi connectivity index (χ0v) is 19.5. The van der Waals surface area contributed by atoms with Crippen molar-refractivity contribution >= 4 is 0 Å². The van der Waals surface area contributed by atoms with Crippen LogP contribution in [0.1, 0.15) is 43.2 Å². The van der Waals surface area contributed by atoms with E-state index in [0.717, 1.165) is 12.1 Å². The first-order valence-corrected chi connectivity index (χ1v) is 11.4. The van der Waals surface area contributed by atoms with Gasteiger partial charge >= 0.3 is 6.11 Å². The lowest BCUT2D eigenvalue weighted by molar-refractivity contribution is -0.189. The fourth-order valence-electron chi connectivity index (χ4n) is 4.45. The molecule has 1 nitrogen and oxygen atoms in total. The second-order valence-corrected chi connectivity index (χ2v) is 8.80. The van der Waals surface area contributed by atoms with Crippen LogP contribution in [-0.2, 0) is 6.11 Å². The zero-order chi connectivity index (χ0) is 27.9. The minimum absolute atomic E-state index is 0.0103. The van der Waals surface area contributed by atoms with Gasteiger partial charge in [-0.3, -0.25) is 0 Å². The van der Waals surface area contributed by atoms with Gasteiger partial charge in [-0.1, -0.05) is 6.92 Å². The Labute approximate surface area is 210 Å². The van der Waals surface area contributed by atoms with Gasteiger partial charge in [0.05, 0.1) is 0 Å². The van der Waals surface area contributed by atoms with E-state index >= 15 is 0 Å². The van der Waals surface area contributed by atoms with Crippen LogP contribution in [0, 0.1) is 40.8 Å². The summed E-state index contributed by atoms with van der Waals surface area (Å²) in [5, 5.41) is 0. The largest absolute Gasteiger partial charge is 0.432 e. The van der Waals surface area contributed by atoms with Crippen LogP contribution >= 0.6 is 0 Å². The number of ether oxygens (including phenoxy) is 1. The molecule has 0 aromatic heterocycles. The van der Waals surface area contributed by atoms with Crippen molar-refractivity contribution in [3.63, 3.8) is 0 Å². The van der Waals surface area contributed by atoms with E-state index in [2.05, 4.69) is 4.74 Å². The molecule has 0 saturated heterocycles. The van der Waals surface area contributed by atoms with E-state index < -0.39 is 86.9 Å². The van der Waals surface area contributed by atoms with E-state index in [1.54, 1.807) is 6.92 Å². The Morgan fingerprint density at radius 2 is 1.34 bits per heavy atom. The quantitative estimate of drug-likeness (QED) is 0.220. The van der Waals surface area contributed by atoms with E-state index in [-0.39, 0.29) is 18.4 Å². The summed E-state index contributed by atoms with van der Waals surface area (Å²) in [6, 6.07) is 3.79. The molecule has 0 radical (unpaired) electrons. The molecule has 202 valence electrons.